The van der Waals surface area contributed by atoms with Crippen LogP contribution in [-0.2, 0) is 6.54 Å². The summed E-state index contributed by atoms with van der Waals surface area (Å²) in [6.45, 7) is 11.2. The summed E-state index contributed by atoms with van der Waals surface area (Å²) in [6, 6.07) is 4.86. The molecule has 7 heteroatoms. The van der Waals surface area contributed by atoms with Crippen LogP contribution in [0.5, 0.6) is 0 Å². The minimum Gasteiger partial charge on any atom is -0.357 e. The molecule has 2 fully saturated rings. The van der Waals surface area contributed by atoms with Gasteiger partial charge in [0.05, 0.1) is 0 Å². The first-order chi connectivity index (χ1) is 13.7. The number of nitrogens with zero attached hydrogens (tertiary/aromatic N) is 4. The maximum absolute atomic E-state index is 4.69. The predicted molar refractivity (Wildman–Crippen MR) is 133 cm³/mol. The molecule has 0 saturated carbocycles. The van der Waals surface area contributed by atoms with Crippen molar-refractivity contribution in [1.29, 1.82) is 0 Å². The van der Waals surface area contributed by atoms with Gasteiger partial charge in [0, 0.05) is 52.0 Å². The van der Waals surface area contributed by atoms with Crippen molar-refractivity contribution in [2.75, 3.05) is 44.7 Å². The van der Waals surface area contributed by atoms with E-state index >= 15 is 0 Å². The highest BCUT2D eigenvalue weighted by molar-refractivity contribution is 14.0. The average molecular weight is 515 g/mol. The van der Waals surface area contributed by atoms with E-state index in [0.29, 0.717) is 6.04 Å². The van der Waals surface area contributed by atoms with Gasteiger partial charge in [-0.25, -0.2) is 4.98 Å². The molecule has 0 bridgehead atoms. The molecule has 1 aromatic heterocycles. The van der Waals surface area contributed by atoms with Crippen molar-refractivity contribution in [2.45, 2.75) is 58.5 Å². The van der Waals surface area contributed by atoms with E-state index < -0.39 is 0 Å². The Hall–Kier alpha value is -1.09. The molecule has 1 aromatic rings. The molecule has 0 atom stereocenters. The lowest BCUT2D eigenvalue weighted by molar-refractivity contribution is 0.206. The molecule has 0 amide bonds. The average Bonchev–Trinajstić information content (AvgIpc) is 2.73. The van der Waals surface area contributed by atoms with Crippen LogP contribution >= 0.6 is 24.0 Å². The molecule has 2 N–H and O–H groups in total. The van der Waals surface area contributed by atoms with E-state index in [9.17, 15) is 0 Å². The Bertz CT molecular complexity index is 604. The van der Waals surface area contributed by atoms with Crippen molar-refractivity contribution in [3.8, 4) is 0 Å². The smallest absolute Gasteiger partial charge is 0.191 e. The highest BCUT2D eigenvalue weighted by Gasteiger charge is 2.19. The number of aromatic nitrogens is 1. The van der Waals surface area contributed by atoms with Gasteiger partial charge in [0.2, 0.25) is 0 Å². The number of likely N-dealkylation sites (tertiary alicyclic amines) is 1. The third kappa shape index (κ3) is 7.59. The monoisotopic (exact) mass is 514 g/mol. The molecule has 0 spiro atoms. The number of hydrogen-bond acceptors (Lipinski definition) is 4. The van der Waals surface area contributed by atoms with Crippen molar-refractivity contribution in [3.63, 3.8) is 0 Å². The van der Waals surface area contributed by atoms with E-state index in [-0.39, 0.29) is 24.0 Å². The fourth-order valence-electron chi connectivity index (χ4n) is 4.14. The van der Waals surface area contributed by atoms with Gasteiger partial charge in [-0.15, -0.1) is 24.0 Å². The van der Waals surface area contributed by atoms with Crippen LogP contribution in [0.4, 0.5) is 5.82 Å². The van der Waals surface area contributed by atoms with Gasteiger partial charge >= 0.3 is 0 Å². The van der Waals surface area contributed by atoms with Crippen LogP contribution < -0.4 is 15.5 Å². The summed E-state index contributed by atoms with van der Waals surface area (Å²) in [5, 5.41) is 7.04. The summed E-state index contributed by atoms with van der Waals surface area (Å²) < 4.78 is 0. The summed E-state index contributed by atoms with van der Waals surface area (Å²) >= 11 is 0. The van der Waals surface area contributed by atoms with Gasteiger partial charge in [0.15, 0.2) is 5.96 Å². The number of nitrogens with one attached hydrogen (secondary N) is 2. The Morgan fingerprint density at radius 1 is 1.14 bits per heavy atom. The number of pyridine rings is 1. The first kappa shape index (κ1) is 24.2. The van der Waals surface area contributed by atoms with Crippen LogP contribution in [0.15, 0.2) is 23.3 Å². The molecule has 2 aliphatic heterocycles. The maximum Gasteiger partial charge on any atom is 0.191 e. The molecule has 0 unspecified atom stereocenters. The lowest BCUT2D eigenvalue weighted by atomic mass is 9.99. The quantitative estimate of drug-likeness (QED) is 0.346. The fraction of sp³-hybridized carbons (Fsp3) is 0.727. The largest absolute Gasteiger partial charge is 0.357 e. The molecular weight excluding hydrogens is 475 g/mol. The molecule has 2 aliphatic rings. The van der Waals surface area contributed by atoms with Crippen LogP contribution in [0.1, 0.15) is 51.5 Å². The highest BCUT2D eigenvalue weighted by Crippen LogP contribution is 2.21. The topological polar surface area (TPSA) is 55.8 Å². The van der Waals surface area contributed by atoms with Crippen LogP contribution in [0.25, 0.3) is 0 Å². The number of guanidine groups is 1. The maximum atomic E-state index is 4.69. The molecule has 0 aliphatic carbocycles. The second-order valence-corrected chi connectivity index (χ2v) is 8.38. The summed E-state index contributed by atoms with van der Waals surface area (Å²) in [5.41, 5.74) is 1.19. The van der Waals surface area contributed by atoms with Crippen LogP contribution in [0.3, 0.4) is 0 Å². The Morgan fingerprint density at radius 3 is 2.45 bits per heavy atom. The molecule has 6 nitrogen and oxygen atoms in total. The van der Waals surface area contributed by atoms with Crippen molar-refractivity contribution >= 4 is 35.8 Å². The minimum absolute atomic E-state index is 0. The molecule has 3 rings (SSSR count). The summed E-state index contributed by atoms with van der Waals surface area (Å²) in [7, 11) is 1.85. The zero-order valence-electron chi connectivity index (χ0n) is 18.4. The first-order valence-corrected chi connectivity index (χ1v) is 11.1. The molecule has 3 heterocycles. The Labute approximate surface area is 194 Å². The third-order valence-electron chi connectivity index (χ3n) is 6.07. The van der Waals surface area contributed by atoms with E-state index in [1.165, 1.54) is 57.3 Å². The molecule has 0 radical (unpaired) electrons. The van der Waals surface area contributed by atoms with E-state index in [1.807, 2.05) is 13.2 Å². The number of halogens is 1. The van der Waals surface area contributed by atoms with Gasteiger partial charge in [0.1, 0.15) is 5.82 Å². The van der Waals surface area contributed by atoms with Crippen molar-refractivity contribution < 1.29 is 0 Å². The Morgan fingerprint density at radius 2 is 1.86 bits per heavy atom. The van der Waals surface area contributed by atoms with Crippen LogP contribution in [-0.4, -0.2) is 61.7 Å². The van der Waals surface area contributed by atoms with Gasteiger partial charge < -0.3 is 20.4 Å². The van der Waals surface area contributed by atoms with Crippen molar-refractivity contribution in [2.24, 2.45) is 10.9 Å². The number of hydrogen-bond donors (Lipinski definition) is 2. The van der Waals surface area contributed by atoms with E-state index in [0.717, 1.165) is 37.3 Å². The normalized spacial score (nSPS) is 19.7. The standard InChI is InChI=1S/C22H38N6.HI/c1-4-11-27-12-9-20(10-13-27)26-22(23-3)25-17-19-5-6-21(24-16-19)28-14-7-18(2)8-15-28;/h5-6,16,18,20H,4,7-15,17H2,1-3H3,(H2,23,25,26);1H. The molecule has 29 heavy (non-hydrogen) atoms. The van der Waals surface area contributed by atoms with Gasteiger partial charge in [-0.05, 0) is 56.2 Å². The lowest BCUT2D eigenvalue weighted by Gasteiger charge is -2.32. The Kier molecular flexibility index (Phi) is 10.5. The van der Waals surface area contributed by atoms with E-state index in [4.69, 9.17) is 4.98 Å². The van der Waals surface area contributed by atoms with Gasteiger partial charge in [0.25, 0.3) is 0 Å². The molecule has 0 aromatic carbocycles. The highest BCUT2D eigenvalue weighted by atomic mass is 127. The Balaban J connectivity index is 0.00000300. The summed E-state index contributed by atoms with van der Waals surface area (Å²) in [6.07, 6.45) is 8.15. The molecule has 2 saturated heterocycles. The number of aliphatic imine (C=N–C) groups is 1. The first-order valence-electron chi connectivity index (χ1n) is 11.1. The minimum atomic E-state index is 0. The number of rotatable bonds is 6. The summed E-state index contributed by atoms with van der Waals surface area (Å²) in [5.74, 6) is 2.85. The van der Waals surface area contributed by atoms with Crippen molar-refractivity contribution in [3.05, 3.63) is 23.9 Å². The van der Waals surface area contributed by atoms with Crippen LogP contribution in [0.2, 0.25) is 0 Å². The van der Waals surface area contributed by atoms with Gasteiger partial charge in [-0.1, -0.05) is 19.9 Å². The summed E-state index contributed by atoms with van der Waals surface area (Å²) in [4.78, 5) is 14.1. The zero-order chi connectivity index (χ0) is 19.8. The predicted octanol–water partition coefficient (Wildman–Crippen LogP) is 3.48. The van der Waals surface area contributed by atoms with E-state index in [1.54, 1.807) is 0 Å². The third-order valence-corrected chi connectivity index (χ3v) is 6.07. The zero-order valence-corrected chi connectivity index (χ0v) is 20.7. The lowest BCUT2D eigenvalue weighted by Crippen LogP contribution is -2.48. The van der Waals surface area contributed by atoms with E-state index in [2.05, 4.69) is 51.4 Å². The second kappa shape index (κ2) is 12.6. The fourth-order valence-corrected chi connectivity index (χ4v) is 4.14. The van der Waals surface area contributed by atoms with Gasteiger partial charge in [-0.3, -0.25) is 4.99 Å². The SMILES string of the molecule is CCCN1CCC(NC(=NC)NCc2ccc(N3CCC(C)CC3)nc2)CC1.I. The van der Waals surface area contributed by atoms with Crippen LogP contribution in [0, 0.1) is 5.92 Å². The molecule has 164 valence electrons. The van der Waals surface area contributed by atoms with Gasteiger partial charge in [-0.2, -0.15) is 0 Å². The van der Waals surface area contributed by atoms with Crippen molar-refractivity contribution in [1.82, 2.24) is 20.5 Å². The number of piperidine rings is 2. The number of anilines is 1. The second-order valence-electron chi connectivity index (χ2n) is 8.38. The molecular formula is C22H39IN6.